The number of carbonyl (C=O) groups is 2. The molecule has 1 amide bonds. The molecule has 96 valence electrons. The molecule has 0 spiro atoms. The molecular weight excluding hydrogens is 242 g/mol. The highest BCUT2D eigenvalue weighted by molar-refractivity contribution is 7.99. The molecule has 1 aliphatic rings. The molecule has 0 saturated carbocycles. The summed E-state index contributed by atoms with van der Waals surface area (Å²) >= 11 is 1.63. The molecule has 0 N–H and O–H groups in total. The summed E-state index contributed by atoms with van der Waals surface area (Å²) in [6.07, 6.45) is 1.01. The Bertz CT molecular complexity index is 295. The van der Waals surface area contributed by atoms with Gasteiger partial charge >= 0.3 is 12.1 Å². The summed E-state index contributed by atoms with van der Waals surface area (Å²) in [5, 5.41) is 0. The molecule has 1 rings (SSSR count). The molecule has 0 aromatic rings. The normalized spacial score (nSPS) is 19.6. The van der Waals surface area contributed by atoms with Crippen molar-refractivity contribution < 1.29 is 19.1 Å². The number of hydrogen-bond donors (Lipinski definition) is 0. The van der Waals surface area contributed by atoms with E-state index >= 15 is 0 Å². The van der Waals surface area contributed by atoms with Gasteiger partial charge in [-0.1, -0.05) is 12.7 Å². The van der Waals surface area contributed by atoms with E-state index in [1.54, 1.807) is 18.7 Å². The van der Waals surface area contributed by atoms with Crippen LogP contribution in [0.15, 0.2) is 12.7 Å². The van der Waals surface area contributed by atoms with Crippen molar-refractivity contribution in [2.45, 2.75) is 13.0 Å². The van der Waals surface area contributed by atoms with Crippen LogP contribution in [0.4, 0.5) is 4.79 Å². The summed E-state index contributed by atoms with van der Waals surface area (Å²) in [6, 6.07) is -0.536. The fourth-order valence-electron chi connectivity index (χ4n) is 1.47. The number of ether oxygens (including phenoxy) is 2. The van der Waals surface area contributed by atoms with Crippen molar-refractivity contribution in [3.8, 4) is 0 Å². The number of rotatable bonds is 4. The Balaban J connectivity index is 2.61. The average molecular weight is 259 g/mol. The molecule has 1 fully saturated rings. The largest absolute Gasteiger partial charge is 0.464 e. The topological polar surface area (TPSA) is 55.8 Å². The molecular formula is C11H17NO4S. The predicted octanol–water partition coefficient (Wildman–Crippen LogP) is 1.29. The van der Waals surface area contributed by atoms with Crippen molar-refractivity contribution in [3.05, 3.63) is 12.7 Å². The minimum absolute atomic E-state index is 0.151. The first-order valence-corrected chi connectivity index (χ1v) is 6.64. The maximum absolute atomic E-state index is 11.7. The molecule has 5 nitrogen and oxygen atoms in total. The Morgan fingerprint density at radius 1 is 1.53 bits per heavy atom. The highest BCUT2D eigenvalue weighted by Crippen LogP contribution is 2.18. The van der Waals surface area contributed by atoms with Gasteiger partial charge < -0.3 is 9.47 Å². The molecule has 0 aliphatic carbocycles. The number of amides is 1. The lowest BCUT2D eigenvalue weighted by molar-refractivity contribution is -0.148. The third kappa shape index (κ3) is 3.96. The van der Waals surface area contributed by atoms with Gasteiger partial charge in [-0.05, 0) is 6.92 Å². The van der Waals surface area contributed by atoms with Crippen LogP contribution >= 0.6 is 11.8 Å². The summed E-state index contributed by atoms with van der Waals surface area (Å²) in [6.45, 7) is 6.18. The van der Waals surface area contributed by atoms with Gasteiger partial charge in [-0.25, -0.2) is 9.59 Å². The SMILES string of the molecule is C=CCOC(=O)N1CCSCC1C(=O)OCC. The van der Waals surface area contributed by atoms with E-state index in [1.165, 1.54) is 11.0 Å². The van der Waals surface area contributed by atoms with Crippen molar-refractivity contribution in [1.29, 1.82) is 0 Å². The lowest BCUT2D eigenvalue weighted by Crippen LogP contribution is -2.51. The van der Waals surface area contributed by atoms with E-state index in [4.69, 9.17) is 9.47 Å². The molecule has 1 heterocycles. The van der Waals surface area contributed by atoms with E-state index < -0.39 is 12.1 Å². The predicted molar refractivity (Wildman–Crippen MR) is 66.0 cm³/mol. The molecule has 0 bridgehead atoms. The standard InChI is InChI=1S/C11H17NO4S/c1-3-6-16-11(14)12-5-7-17-8-9(12)10(13)15-4-2/h3,9H,1,4-8H2,2H3. The first-order chi connectivity index (χ1) is 8.20. The van der Waals surface area contributed by atoms with Crippen molar-refractivity contribution in [3.63, 3.8) is 0 Å². The second-order valence-corrected chi connectivity index (χ2v) is 4.55. The van der Waals surface area contributed by atoms with Crippen LogP contribution in [0.1, 0.15) is 6.92 Å². The average Bonchev–Trinajstić information content (AvgIpc) is 2.36. The number of nitrogens with zero attached hydrogens (tertiary/aromatic N) is 1. The van der Waals surface area contributed by atoms with Crippen molar-refractivity contribution in [1.82, 2.24) is 4.90 Å². The number of esters is 1. The minimum Gasteiger partial charge on any atom is -0.464 e. The molecule has 1 atom stereocenters. The molecule has 0 aromatic carbocycles. The molecule has 6 heteroatoms. The second kappa shape index (κ2) is 7.21. The van der Waals surface area contributed by atoms with Crippen LogP contribution in [0.25, 0.3) is 0 Å². The Morgan fingerprint density at radius 2 is 2.29 bits per heavy atom. The lowest BCUT2D eigenvalue weighted by Gasteiger charge is -2.32. The second-order valence-electron chi connectivity index (χ2n) is 3.40. The summed E-state index contributed by atoms with van der Waals surface area (Å²) in [5.41, 5.74) is 0. The van der Waals surface area contributed by atoms with Crippen LogP contribution in [0, 0.1) is 0 Å². The molecule has 1 unspecified atom stereocenters. The van der Waals surface area contributed by atoms with Crippen LogP contribution in [0.2, 0.25) is 0 Å². The Kier molecular flexibility index (Phi) is 5.90. The Hall–Kier alpha value is -1.17. The van der Waals surface area contributed by atoms with E-state index in [2.05, 4.69) is 6.58 Å². The van der Waals surface area contributed by atoms with Crippen LogP contribution in [-0.4, -0.2) is 54.3 Å². The Morgan fingerprint density at radius 3 is 2.94 bits per heavy atom. The van der Waals surface area contributed by atoms with Gasteiger partial charge in [0, 0.05) is 18.1 Å². The Labute approximate surface area is 105 Å². The first-order valence-electron chi connectivity index (χ1n) is 5.49. The first kappa shape index (κ1) is 13.9. The van der Waals surface area contributed by atoms with Gasteiger partial charge in [-0.15, -0.1) is 0 Å². The number of hydrogen-bond acceptors (Lipinski definition) is 5. The van der Waals surface area contributed by atoms with E-state index in [9.17, 15) is 9.59 Å². The highest BCUT2D eigenvalue weighted by atomic mass is 32.2. The van der Waals surface area contributed by atoms with Crippen LogP contribution < -0.4 is 0 Å². The molecule has 17 heavy (non-hydrogen) atoms. The fourth-order valence-corrected chi connectivity index (χ4v) is 2.50. The van der Waals surface area contributed by atoms with Crippen molar-refractivity contribution in [2.24, 2.45) is 0 Å². The zero-order valence-corrected chi connectivity index (χ0v) is 10.7. The zero-order chi connectivity index (χ0) is 12.7. The highest BCUT2D eigenvalue weighted by Gasteiger charge is 2.34. The van der Waals surface area contributed by atoms with Gasteiger partial charge in [0.1, 0.15) is 12.6 Å². The summed E-state index contributed by atoms with van der Waals surface area (Å²) in [5.74, 6) is 0.997. The van der Waals surface area contributed by atoms with Gasteiger partial charge in [0.05, 0.1) is 6.61 Å². The van der Waals surface area contributed by atoms with E-state index in [1.807, 2.05) is 0 Å². The van der Waals surface area contributed by atoms with E-state index in [0.717, 1.165) is 5.75 Å². The quantitative estimate of drug-likeness (QED) is 0.562. The molecule has 1 saturated heterocycles. The van der Waals surface area contributed by atoms with Crippen LogP contribution in [0.5, 0.6) is 0 Å². The smallest absolute Gasteiger partial charge is 0.410 e. The van der Waals surface area contributed by atoms with Crippen molar-refractivity contribution in [2.75, 3.05) is 31.3 Å². The maximum Gasteiger partial charge on any atom is 0.410 e. The van der Waals surface area contributed by atoms with E-state index in [0.29, 0.717) is 18.9 Å². The number of carbonyl (C=O) groups excluding carboxylic acids is 2. The third-order valence-electron chi connectivity index (χ3n) is 2.25. The zero-order valence-electron chi connectivity index (χ0n) is 9.89. The van der Waals surface area contributed by atoms with Crippen molar-refractivity contribution >= 4 is 23.8 Å². The molecule has 0 radical (unpaired) electrons. The summed E-state index contributed by atoms with van der Waals surface area (Å²) < 4.78 is 9.89. The summed E-state index contributed by atoms with van der Waals surface area (Å²) in [7, 11) is 0. The summed E-state index contributed by atoms with van der Waals surface area (Å²) in [4.78, 5) is 24.8. The molecule has 1 aliphatic heterocycles. The van der Waals surface area contributed by atoms with Crippen LogP contribution in [-0.2, 0) is 14.3 Å². The van der Waals surface area contributed by atoms with Gasteiger partial charge in [-0.3, -0.25) is 4.90 Å². The molecule has 0 aromatic heterocycles. The van der Waals surface area contributed by atoms with Gasteiger partial charge in [-0.2, -0.15) is 11.8 Å². The minimum atomic E-state index is -0.536. The van der Waals surface area contributed by atoms with Crippen LogP contribution in [0.3, 0.4) is 0 Å². The van der Waals surface area contributed by atoms with Gasteiger partial charge in [0.2, 0.25) is 0 Å². The van der Waals surface area contributed by atoms with E-state index in [-0.39, 0.29) is 12.6 Å². The maximum atomic E-state index is 11.7. The monoisotopic (exact) mass is 259 g/mol. The number of thioether (sulfide) groups is 1. The third-order valence-corrected chi connectivity index (χ3v) is 3.27. The lowest BCUT2D eigenvalue weighted by atomic mass is 10.3. The van der Waals surface area contributed by atoms with Gasteiger partial charge in [0.15, 0.2) is 0 Å². The fraction of sp³-hybridized carbons (Fsp3) is 0.636. The van der Waals surface area contributed by atoms with Gasteiger partial charge in [0.25, 0.3) is 0 Å².